The molecule has 0 saturated heterocycles. The first kappa shape index (κ1) is 23.4. The van der Waals surface area contributed by atoms with E-state index in [1.54, 1.807) is 10.8 Å². The summed E-state index contributed by atoms with van der Waals surface area (Å²) >= 11 is 0. The maximum Gasteiger partial charge on any atom is 0.228 e. The van der Waals surface area contributed by atoms with E-state index >= 15 is 0 Å². The minimum atomic E-state index is -0.116. The summed E-state index contributed by atoms with van der Waals surface area (Å²) in [5, 5.41) is 7.06. The fourth-order valence-corrected chi connectivity index (χ4v) is 5.57. The monoisotopic (exact) mass is 512 g/mol. The number of hydrogen-bond donors (Lipinski definition) is 0. The fourth-order valence-electron chi connectivity index (χ4n) is 5.57. The van der Waals surface area contributed by atoms with Crippen LogP contribution in [0, 0.1) is 6.92 Å². The zero-order valence-electron chi connectivity index (χ0n) is 22.1. The topological polar surface area (TPSA) is 61.5 Å². The molecule has 0 aliphatic carbocycles. The number of nitrogens with zero attached hydrogens (tertiary/aromatic N) is 4. The van der Waals surface area contributed by atoms with Crippen LogP contribution in [0.1, 0.15) is 59.3 Å². The highest BCUT2D eigenvalue weighted by Gasteiger charge is 2.34. The molecule has 6 heteroatoms. The van der Waals surface area contributed by atoms with Crippen molar-refractivity contribution in [1.29, 1.82) is 0 Å². The zero-order chi connectivity index (χ0) is 26.5. The van der Waals surface area contributed by atoms with Crippen molar-refractivity contribution in [3.63, 3.8) is 0 Å². The average molecular weight is 513 g/mol. The van der Waals surface area contributed by atoms with E-state index in [2.05, 4.69) is 98.6 Å². The second-order valence-electron chi connectivity index (χ2n) is 10.4. The van der Waals surface area contributed by atoms with Gasteiger partial charge in [-0.05, 0) is 52.4 Å². The molecular weight excluding hydrogens is 484 g/mol. The van der Waals surface area contributed by atoms with Gasteiger partial charge in [-0.3, -0.25) is 0 Å². The molecule has 6 nitrogen and oxygen atoms in total. The van der Waals surface area contributed by atoms with Crippen molar-refractivity contribution in [2.75, 3.05) is 0 Å². The molecule has 1 aliphatic rings. The number of aryl methyl sites for hydroxylation is 1. The van der Waals surface area contributed by atoms with Crippen LogP contribution in [-0.4, -0.2) is 19.6 Å². The Balaban J connectivity index is 1.36. The van der Waals surface area contributed by atoms with Crippen LogP contribution in [0.5, 0.6) is 17.4 Å². The van der Waals surface area contributed by atoms with E-state index in [1.165, 1.54) is 10.9 Å². The molecule has 6 aromatic rings. The predicted molar refractivity (Wildman–Crippen MR) is 152 cm³/mol. The molecule has 0 saturated carbocycles. The van der Waals surface area contributed by atoms with E-state index in [1.807, 2.05) is 12.1 Å². The first-order valence-electron chi connectivity index (χ1n) is 13.3. The van der Waals surface area contributed by atoms with Gasteiger partial charge in [-0.1, -0.05) is 86.6 Å². The molecule has 0 amide bonds. The van der Waals surface area contributed by atoms with Gasteiger partial charge in [0.15, 0.2) is 11.5 Å². The molecule has 192 valence electrons. The predicted octanol–water partition coefficient (Wildman–Crippen LogP) is 7.57. The maximum atomic E-state index is 6.42. The molecule has 39 heavy (non-hydrogen) atoms. The molecule has 4 aromatic carbocycles. The Hall–Kier alpha value is -4.71. The van der Waals surface area contributed by atoms with Crippen LogP contribution >= 0.6 is 0 Å². The molecule has 0 bridgehead atoms. The van der Waals surface area contributed by atoms with Crippen LogP contribution in [0.3, 0.4) is 0 Å². The molecule has 0 radical (unpaired) electrons. The lowest BCUT2D eigenvalue weighted by molar-refractivity contribution is 0.291. The quantitative estimate of drug-likeness (QED) is 0.238. The van der Waals surface area contributed by atoms with Gasteiger partial charge in [-0.25, -0.2) is 14.5 Å². The lowest BCUT2D eigenvalue weighted by atomic mass is 9.81. The number of benzene rings is 4. The van der Waals surface area contributed by atoms with Crippen molar-refractivity contribution in [3.8, 4) is 17.4 Å². The average Bonchev–Trinajstić information content (AvgIpc) is 3.38. The zero-order valence-corrected chi connectivity index (χ0v) is 22.1. The van der Waals surface area contributed by atoms with Gasteiger partial charge >= 0.3 is 0 Å². The Morgan fingerprint density at radius 3 is 2.59 bits per heavy atom. The largest absolute Gasteiger partial charge is 0.485 e. The summed E-state index contributed by atoms with van der Waals surface area (Å²) < 4.78 is 14.4. The first-order chi connectivity index (χ1) is 19.1. The summed E-state index contributed by atoms with van der Waals surface area (Å²) in [4.78, 5) is 9.65. The summed E-state index contributed by atoms with van der Waals surface area (Å²) in [7, 11) is 0. The molecule has 0 unspecified atom stereocenters. The highest BCUT2D eigenvalue weighted by molar-refractivity contribution is 5.90. The highest BCUT2D eigenvalue weighted by Crippen LogP contribution is 2.50. The second-order valence-corrected chi connectivity index (χ2v) is 10.4. The summed E-state index contributed by atoms with van der Waals surface area (Å²) in [6, 6.07) is 29.4. The van der Waals surface area contributed by atoms with Gasteiger partial charge in [0, 0.05) is 11.5 Å². The van der Waals surface area contributed by atoms with Gasteiger partial charge in [-0.15, -0.1) is 5.10 Å². The van der Waals surface area contributed by atoms with Crippen LogP contribution in [0.25, 0.3) is 16.4 Å². The molecule has 1 atom stereocenters. The number of ether oxygens (including phenoxy) is 2. The molecule has 0 fully saturated rings. The van der Waals surface area contributed by atoms with Crippen LogP contribution in [0.15, 0.2) is 91.3 Å². The van der Waals surface area contributed by atoms with E-state index in [9.17, 15) is 0 Å². The van der Waals surface area contributed by atoms with Crippen molar-refractivity contribution in [2.24, 2.45) is 0 Å². The van der Waals surface area contributed by atoms with Crippen LogP contribution in [0.2, 0.25) is 0 Å². The molecule has 3 heterocycles. The minimum Gasteiger partial charge on any atom is -0.485 e. The molecule has 0 spiro atoms. The first-order valence-corrected chi connectivity index (χ1v) is 13.3. The Morgan fingerprint density at radius 1 is 0.923 bits per heavy atom. The van der Waals surface area contributed by atoms with Crippen molar-refractivity contribution in [2.45, 2.75) is 39.2 Å². The molecule has 1 aliphatic heterocycles. The third-order valence-electron chi connectivity index (χ3n) is 7.43. The van der Waals surface area contributed by atoms with Gasteiger partial charge in [0.25, 0.3) is 0 Å². The van der Waals surface area contributed by atoms with E-state index < -0.39 is 0 Å². The van der Waals surface area contributed by atoms with E-state index in [4.69, 9.17) is 19.6 Å². The maximum absolute atomic E-state index is 6.42. The van der Waals surface area contributed by atoms with Crippen molar-refractivity contribution >= 4 is 16.4 Å². The molecule has 2 aromatic heterocycles. The van der Waals surface area contributed by atoms with Crippen molar-refractivity contribution in [3.05, 3.63) is 125 Å². The number of hydrogen-bond acceptors (Lipinski definition) is 5. The number of fused-ring (bicyclic) bond motifs is 6. The second kappa shape index (κ2) is 9.24. The number of rotatable bonds is 5. The van der Waals surface area contributed by atoms with Gasteiger partial charge in [0.2, 0.25) is 5.88 Å². The van der Waals surface area contributed by atoms with E-state index in [0.29, 0.717) is 17.6 Å². The summed E-state index contributed by atoms with van der Waals surface area (Å²) in [6.07, 6.45) is 1.67. The van der Waals surface area contributed by atoms with Crippen molar-refractivity contribution in [1.82, 2.24) is 19.6 Å². The lowest BCUT2D eigenvalue weighted by Crippen LogP contribution is -2.15. The third-order valence-corrected chi connectivity index (χ3v) is 7.43. The fraction of sp³-hybridized carbons (Fsp3) is 0.182. The molecule has 0 N–H and O–H groups in total. The summed E-state index contributed by atoms with van der Waals surface area (Å²) in [5.74, 6) is 3.07. The summed E-state index contributed by atoms with van der Waals surface area (Å²) in [5.41, 5.74) is 6.22. The Bertz CT molecular complexity index is 1840. The minimum absolute atomic E-state index is 0.116. The van der Waals surface area contributed by atoms with Gasteiger partial charge in [0.1, 0.15) is 24.4 Å². The third kappa shape index (κ3) is 4.00. The standard InChI is InChI=1S/C33H28N4O2/c1-20(2)24-15-13-21(3)17-27(24)38-18-28-35-32-31-29(23-10-5-4-6-11-23)30-25-12-8-7-9-22(25)14-16-26(30)39-33(31)34-19-37(32)36-28/h4-17,19-20,29H,18H2,1-3H3/t29-/m0/s1. The van der Waals surface area contributed by atoms with Crippen LogP contribution in [-0.2, 0) is 6.61 Å². The van der Waals surface area contributed by atoms with Crippen LogP contribution in [0.4, 0.5) is 0 Å². The van der Waals surface area contributed by atoms with Crippen LogP contribution < -0.4 is 9.47 Å². The summed E-state index contributed by atoms with van der Waals surface area (Å²) in [6.45, 7) is 6.67. The van der Waals surface area contributed by atoms with Gasteiger partial charge in [0.05, 0.1) is 5.56 Å². The van der Waals surface area contributed by atoms with Gasteiger partial charge < -0.3 is 9.47 Å². The number of aromatic nitrogens is 4. The highest BCUT2D eigenvalue weighted by atomic mass is 16.5. The lowest BCUT2D eigenvalue weighted by Gasteiger charge is -2.29. The smallest absolute Gasteiger partial charge is 0.228 e. The molecular formula is C33H28N4O2. The van der Waals surface area contributed by atoms with E-state index in [-0.39, 0.29) is 12.5 Å². The van der Waals surface area contributed by atoms with E-state index in [0.717, 1.165) is 44.8 Å². The van der Waals surface area contributed by atoms with Crippen molar-refractivity contribution < 1.29 is 9.47 Å². The van der Waals surface area contributed by atoms with Gasteiger partial charge in [-0.2, -0.15) is 0 Å². The normalized spacial score (nSPS) is 14.3. The molecule has 7 rings (SSSR count). The SMILES string of the molecule is Cc1ccc(C(C)C)c(OCc2nc3c4c(ncn3n2)Oc2ccc3ccccc3c2[C@@H]4c2ccccc2)c1. The Kier molecular flexibility index (Phi) is 5.55. The Morgan fingerprint density at radius 2 is 1.74 bits per heavy atom. The Labute approximate surface area is 226 Å².